The fourth-order valence-corrected chi connectivity index (χ4v) is 4.14. The third-order valence-corrected chi connectivity index (χ3v) is 5.92. The first-order chi connectivity index (χ1) is 13.3. The van der Waals surface area contributed by atoms with Gasteiger partial charge in [-0.2, -0.15) is 0 Å². The van der Waals surface area contributed by atoms with Gasteiger partial charge in [0.2, 0.25) is 5.01 Å². The van der Waals surface area contributed by atoms with Gasteiger partial charge in [0.05, 0.1) is 16.3 Å². The lowest BCUT2D eigenvalue weighted by Crippen LogP contribution is -2.22. The van der Waals surface area contributed by atoms with Crippen molar-refractivity contribution in [2.75, 3.05) is 0 Å². The highest BCUT2D eigenvalue weighted by Crippen LogP contribution is 2.25. The van der Waals surface area contributed by atoms with E-state index in [2.05, 4.69) is 26.6 Å². The maximum atomic E-state index is 12.2. The minimum atomic E-state index is -0.198. The van der Waals surface area contributed by atoms with Gasteiger partial charge in [0.25, 0.3) is 5.91 Å². The third-order valence-electron chi connectivity index (χ3n) is 3.87. The number of fused-ring (bicyclic) bond motifs is 1. The molecule has 0 spiro atoms. The zero-order valence-electron chi connectivity index (χ0n) is 14.3. The van der Waals surface area contributed by atoms with Crippen LogP contribution >= 0.6 is 23.1 Å². The highest BCUT2D eigenvalue weighted by Gasteiger charge is 2.13. The van der Waals surface area contributed by atoms with Gasteiger partial charge < -0.3 is 5.32 Å². The summed E-state index contributed by atoms with van der Waals surface area (Å²) in [6.07, 6.45) is 0. The highest BCUT2D eigenvalue weighted by molar-refractivity contribution is 7.98. The van der Waals surface area contributed by atoms with Crippen LogP contribution in [-0.2, 0) is 12.3 Å². The molecule has 1 N–H and O–H groups in total. The number of nitrogens with zero attached hydrogens (tertiary/aromatic N) is 3. The second-order valence-electron chi connectivity index (χ2n) is 5.80. The maximum Gasteiger partial charge on any atom is 0.282 e. The molecule has 7 heteroatoms. The molecule has 0 atom stereocenters. The van der Waals surface area contributed by atoms with Crippen LogP contribution in [0.3, 0.4) is 0 Å². The lowest BCUT2D eigenvalue weighted by Gasteiger charge is -2.02. The Morgan fingerprint density at radius 1 is 0.963 bits per heavy atom. The van der Waals surface area contributed by atoms with Crippen molar-refractivity contribution in [3.8, 4) is 0 Å². The Hall–Kier alpha value is -2.77. The molecule has 0 aliphatic carbocycles. The topological polar surface area (TPSA) is 67.8 Å². The summed E-state index contributed by atoms with van der Waals surface area (Å²) in [6, 6.07) is 21.9. The van der Waals surface area contributed by atoms with E-state index in [-0.39, 0.29) is 5.91 Å². The molecule has 4 rings (SSSR count). The molecule has 0 aliphatic rings. The molecule has 0 saturated heterocycles. The van der Waals surface area contributed by atoms with Crippen LogP contribution in [0.2, 0.25) is 0 Å². The number of nitrogens with one attached hydrogen (secondary N) is 1. The molecule has 0 fully saturated rings. The van der Waals surface area contributed by atoms with E-state index in [0.717, 1.165) is 26.5 Å². The summed E-state index contributed by atoms with van der Waals surface area (Å²) in [5, 5.41) is 14.3. The number of carbonyl (C=O) groups is 1. The molecular weight excluding hydrogens is 376 g/mol. The van der Waals surface area contributed by atoms with Crippen LogP contribution in [0, 0.1) is 0 Å². The van der Waals surface area contributed by atoms with Crippen LogP contribution in [0.5, 0.6) is 0 Å². The van der Waals surface area contributed by atoms with Crippen molar-refractivity contribution >= 4 is 39.9 Å². The highest BCUT2D eigenvalue weighted by atomic mass is 32.2. The van der Waals surface area contributed by atoms with Crippen LogP contribution in [0.4, 0.5) is 0 Å². The van der Waals surface area contributed by atoms with Gasteiger partial charge in [0, 0.05) is 11.9 Å². The second kappa shape index (κ2) is 8.28. The van der Waals surface area contributed by atoms with Crippen molar-refractivity contribution in [2.24, 2.45) is 0 Å². The first-order valence-electron chi connectivity index (χ1n) is 8.41. The number of hydrogen-bond acceptors (Lipinski definition) is 6. The van der Waals surface area contributed by atoms with Gasteiger partial charge in [0.15, 0.2) is 0 Å². The zero-order valence-corrected chi connectivity index (χ0v) is 16.0. The Morgan fingerprint density at radius 3 is 2.67 bits per heavy atom. The summed E-state index contributed by atoms with van der Waals surface area (Å²) >= 11 is 2.90. The van der Waals surface area contributed by atoms with E-state index in [1.807, 2.05) is 60.7 Å². The van der Waals surface area contributed by atoms with Crippen molar-refractivity contribution < 1.29 is 4.79 Å². The molecule has 0 unspecified atom stereocenters. The molecule has 0 bridgehead atoms. The Balaban J connectivity index is 1.35. The Kier molecular flexibility index (Phi) is 5.41. The number of hydrogen-bond donors (Lipinski definition) is 1. The number of pyridine rings is 1. The first kappa shape index (κ1) is 17.6. The molecule has 134 valence electrons. The van der Waals surface area contributed by atoms with E-state index in [1.165, 1.54) is 11.3 Å². The summed E-state index contributed by atoms with van der Waals surface area (Å²) in [4.78, 5) is 16.9. The van der Waals surface area contributed by atoms with Crippen molar-refractivity contribution in [1.29, 1.82) is 0 Å². The van der Waals surface area contributed by atoms with Gasteiger partial charge in [-0.1, -0.05) is 77.7 Å². The fourth-order valence-electron chi connectivity index (χ4n) is 2.52. The van der Waals surface area contributed by atoms with E-state index >= 15 is 0 Å². The first-order valence-corrected chi connectivity index (χ1v) is 10.2. The number of benzene rings is 2. The third kappa shape index (κ3) is 4.50. The van der Waals surface area contributed by atoms with Gasteiger partial charge in [-0.05, 0) is 17.7 Å². The van der Waals surface area contributed by atoms with Gasteiger partial charge in [-0.3, -0.25) is 4.79 Å². The molecule has 2 heterocycles. The van der Waals surface area contributed by atoms with Crippen LogP contribution in [0.1, 0.15) is 20.4 Å². The van der Waals surface area contributed by atoms with Crippen LogP contribution < -0.4 is 5.32 Å². The fraction of sp³-hybridized carbons (Fsp3) is 0.100. The summed E-state index contributed by atoms with van der Waals surface area (Å²) in [5.41, 5.74) is 2.02. The van der Waals surface area contributed by atoms with E-state index in [4.69, 9.17) is 0 Å². The van der Waals surface area contributed by atoms with Crippen molar-refractivity contribution in [3.05, 3.63) is 82.3 Å². The smallest absolute Gasteiger partial charge is 0.282 e. The molecule has 0 aliphatic heterocycles. The second-order valence-corrected chi connectivity index (χ2v) is 7.86. The van der Waals surface area contributed by atoms with Crippen LogP contribution in [0.15, 0.2) is 71.8 Å². The SMILES string of the molecule is O=C(NCc1ccccc1)c1nnc(CSc2ccc3ccccc3n2)s1. The predicted molar refractivity (Wildman–Crippen MR) is 109 cm³/mol. The lowest BCUT2D eigenvalue weighted by atomic mass is 10.2. The standard InChI is InChI=1S/C20H16N4OS2/c25-19(21-12-14-6-2-1-3-7-14)20-24-23-18(27-20)13-26-17-11-10-15-8-4-5-9-16(15)22-17/h1-11H,12-13H2,(H,21,25). The van der Waals surface area contributed by atoms with Gasteiger partial charge in [-0.15, -0.1) is 10.2 Å². The number of carbonyl (C=O) groups excluding carboxylic acids is 1. The Morgan fingerprint density at radius 2 is 1.78 bits per heavy atom. The number of rotatable bonds is 6. The molecule has 0 saturated carbocycles. The van der Waals surface area contributed by atoms with Crippen molar-refractivity contribution in [3.63, 3.8) is 0 Å². The van der Waals surface area contributed by atoms with Gasteiger partial charge in [0.1, 0.15) is 5.01 Å². The molecule has 2 aromatic carbocycles. The average Bonchev–Trinajstić information content (AvgIpc) is 3.20. The number of thioether (sulfide) groups is 1. The molecule has 0 radical (unpaired) electrons. The molecule has 4 aromatic rings. The minimum Gasteiger partial charge on any atom is -0.346 e. The molecular formula is C20H16N4OS2. The molecule has 2 aromatic heterocycles. The maximum absolute atomic E-state index is 12.2. The summed E-state index contributed by atoms with van der Waals surface area (Å²) < 4.78 is 0. The zero-order chi connectivity index (χ0) is 18.5. The van der Waals surface area contributed by atoms with Gasteiger partial charge >= 0.3 is 0 Å². The number of para-hydroxylation sites is 1. The minimum absolute atomic E-state index is 0.198. The molecule has 27 heavy (non-hydrogen) atoms. The van der Waals surface area contributed by atoms with E-state index < -0.39 is 0 Å². The van der Waals surface area contributed by atoms with Crippen LogP contribution in [0.25, 0.3) is 10.9 Å². The number of aromatic nitrogens is 3. The lowest BCUT2D eigenvalue weighted by molar-refractivity contribution is 0.0950. The normalized spacial score (nSPS) is 10.8. The molecule has 5 nitrogen and oxygen atoms in total. The summed E-state index contributed by atoms with van der Waals surface area (Å²) in [6.45, 7) is 0.477. The summed E-state index contributed by atoms with van der Waals surface area (Å²) in [5.74, 6) is 0.436. The average molecular weight is 393 g/mol. The van der Waals surface area contributed by atoms with E-state index in [9.17, 15) is 4.79 Å². The quantitative estimate of drug-likeness (QED) is 0.495. The van der Waals surface area contributed by atoms with Gasteiger partial charge in [-0.25, -0.2) is 4.98 Å². The van der Waals surface area contributed by atoms with Crippen LogP contribution in [-0.4, -0.2) is 21.1 Å². The largest absolute Gasteiger partial charge is 0.346 e. The van der Waals surface area contributed by atoms with Crippen molar-refractivity contribution in [1.82, 2.24) is 20.5 Å². The monoisotopic (exact) mass is 392 g/mol. The Bertz CT molecular complexity index is 1070. The molecule has 1 amide bonds. The van der Waals surface area contributed by atoms with E-state index in [1.54, 1.807) is 11.8 Å². The Labute approximate surface area is 164 Å². The van der Waals surface area contributed by atoms with E-state index in [0.29, 0.717) is 17.3 Å². The predicted octanol–water partition coefficient (Wildman–Crippen LogP) is 4.31. The number of amides is 1. The van der Waals surface area contributed by atoms with Crippen molar-refractivity contribution in [2.45, 2.75) is 17.3 Å². The summed E-state index contributed by atoms with van der Waals surface area (Å²) in [7, 11) is 0.